The van der Waals surface area contributed by atoms with Crippen molar-refractivity contribution in [3.8, 4) is 0 Å². The summed E-state index contributed by atoms with van der Waals surface area (Å²) < 4.78 is 0. The second-order valence-corrected chi connectivity index (χ2v) is 7.33. The van der Waals surface area contributed by atoms with Gasteiger partial charge in [-0.25, -0.2) is 9.59 Å². The van der Waals surface area contributed by atoms with Crippen molar-refractivity contribution in [3.05, 3.63) is 71.8 Å². The normalized spacial score (nSPS) is 24.4. The van der Waals surface area contributed by atoms with Gasteiger partial charge in [-0.05, 0) is 56.4 Å². The molecule has 1 aliphatic carbocycles. The van der Waals surface area contributed by atoms with E-state index in [4.69, 9.17) is 19.6 Å². The highest BCUT2D eigenvalue weighted by atomic mass is 17.2. The van der Waals surface area contributed by atoms with Crippen LogP contribution in [0.1, 0.15) is 53.8 Å². The number of carbonyl (C=O) groups is 2. The van der Waals surface area contributed by atoms with Crippen molar-refractivity contribution in [2.45, 2.75) is 44.8 Å². The molecule has 0 aromatic heterocycles. The van der Waals surface area contributed by atoms with Gasteiger partial charge in [0, 0.05) is 0 Å². The van der Waals surface area contributed by atoms with E-state index in [9.17, 15) is 9.59 Å². The fourth-order valence-corrected chi connectivity index (χ4v) is 3.14. The molecule has 0 N–H and O–H groups in total. The molecule has 1 aliphatic rings. The van der Waals surface area contributed by atoms with Crippen molar-refractivity contribution < 1.29 is 29.1 Å². The van der Waals surface area contributed by atoms with Crippen LogP contribution in [0.4, 0.5) is 0 Å². The van der Waals surface area contributed by atoms with Gasteiger partial charge in [-0.1, -0.05) is 43.3 Å². The van der Waals surface area contributed by atoms with Crippen LogP contribution in [0.2, 0.25) is 0 Å². The maximum atomic E-state index is 12.2. The number of rotatable bonds is 6. The van der Waals surface area contributed by atoms with Crippen LogP contribution >= 0.6 is 0 Å². The molecular weight excluding hydrogens is 360 g/mol. The maximum absolute atomic E-state index is 12.2. The van der Waals surface area contributed by atoms with Crippen LogP contribution in [-0.2, 0) is 19.6 Å². The first-order chi connectivity index (χ1) is 13.5. The quantitative estimate of drug-likeness (QED) is 0.539. The zero-order valence-electron chi connectivity index (χ0n) is 16.0. The second kappa shape index (κ2) is 8.99. The van der Waals surface area contributed by atoms with Gasteiger partial charge >= 0.3 is 11.9 Å². The highest BCUT2D eigenvalue weighted by Crippen LogP contribution is 2.37. The van der Waals surface area contributed by atoms with Crippen molar-refractivity contribution in [2.75, 3.05) is 0 Å². The van der Waals surface area contributed by atoms with Crippen LogP contribution < -0.4 is 0 Å². The SMILES string of the molecule is CC1CCC(C)(OOC(=O)c2ccccc2)C(OOC(=O)c2ccccc2)C1. The van der Waals surface area contributed by atoms with Crippen LogP contribution in [-0.4, -0.2) is 23.6 Å². The van der Waals surface area contributed by atoms with Gasteiger partial charge in [-0.15, -0.1) is 0 Å². The van der Waals surface area contributed by atoms with Gasteiger partial charge in [0.1, 0.15) is 11.7 Å². The lowest BCUT2D eigenvalue weighted by Gasteiger charge is -2.39. The fourth-order valence-electron chi connectivity index (χ4n) is 3.14. The van der Waals surface area contributed by atoms with Gasteiger partial charge in [-0.3, -0.25) is 9.78 Å². The predicted octanol–water partition coefficient (Wildman–Crippen LogP) is 4.51. The Labute approximate surface area is 164 Å². The van der Waals surface area contributed by atoms with Crippen LogP contribution in [0.15, 0.2) is 60.7 Å². The van der Waals surface area contributed by atoms with E-state index in [0.29, 0.717) is 29.9 Å². The van der Waals surface area contributed by atoms with Crippen LogP contribution in [0.25, 0.3) is 0 Å². The third kappa shape index (κ3) is 4.97. The Hall–Kier alpha value is -2.70. The number of carbonyl (C=O) groups excluding carboxylic acids is 2. The minimum atomic E-state index is -0.923. The summed E-state index contributed by atoms with van der Waals surface area (Å²) in [4.78, 5) is 45.4. The molecule has 0 spiro atoms. The first-order valence-corrected chi connectivity index (χ1v) is 9.36. The molecule has 0 amide bonds. The number of hydrogen-bond acceptors (Lipinski definition) is 6. The average molecular weight is 384 g/mol. The molecule has 1 saturated carbocycles. The molecule has 0 bridgehead atoms. The molecule has 148 valence electrons. The van der Waals surface area contributed by atoms with E-state index in [1.165, 1.54) is 0 Å². The fraction of sp³-hybridized carbons (Fsp3) is 0.364. The van der Waals surface area contributed by atoms with Gasteiger partial charge in [0.15, 0.2) is 0 Å². The van der Waals surface area contributed by atoms with E-state index in [1.54, 1.807) is 55.5 Å². The van der Waals surface area contributed by atoms with Gasteiger partial charge in [0.25, 0.3) is 0 Å². The Morgan fingerprint density at radius 2 is 1.43 bits per heavy atom. The summed E-state index contributed by atoms with van der Waals surface area (Å²) in [5.74, 6) is -0.801. The van der Waals surface area contributed by atoms with E-state index in [-0.39, 0.29) is 0 Å². The van der Waals surface area contributed by atoms with Gasteiger partial charge in [0.05, 0.1) is 11.1 Å². The van der Waals surface area contributed by atoms with Crippen molar-refractivity contribution in [1.82, 2.24) is 0 Å². The summed E-state index contributed by atoms with van der Waals surface area (Å²) in [6.07, 6.45) is 1.53. The highest BCUT2D eigenvalue weighted by molar-refractivity contribution is 5.89. The molecule has 0 radical (unpaired) electrons. The van der Waals surface area contributed by atoms with Crippen molar-refractivity contribution in [2.24, 2.45) is 5.92 Å². The first-order valence-electron chi connectivity index (χ1n) is 9.36. The molecule has 3 rings (SSSR count). The Bertz CT molecular complexity index is 791. The number of benzene rings is 2. The average Bonchev–Trinajstić information content (AvgIpc) is 2.74. The molecule has 3 unspecified atom stereocenters. The summed E-state index contributed by atoms with van der Waals surface area (Å²) in [5.41, 5.74) is -0.138. The maximum Gasteiger partial charge on any atom is 0.373 e. The molecule has 6 heteroatoms. The minimum absolute atomic E-state index is 0.363. The lowest BCUT2D eigenvalue weighted by molar-refractivity contribution is -0.388. The number of hydrogen-bond donors (Lipinski definition) is 0. The molecule has 6 nitrogen and oxygen atoms in total. The van der Waals surface area contributed by atoms with Crippen molar-refractivity contribution in [1.29, 1.82) is 0 Å². The zero-order valence-corrected chi connectivity index (χ0v) is 16.0. The van der Waals surface area contributed by atoms with E-state index >= 15 is 0 Å². The summed E-state index contributed by atoms with van der Waals surface area (Å²) in [5, 5.41) is 0. The summed E-state index contributed by atoms with van der Waals surface area (Å²) in [6.45, 7) is 3.88. The van der Waals surface area contributed by atoms with E-state index in [0.717, 1.165) is 6.42 Å². The lowest BCUT2D eigenvalue weighted by Crippen LogP contribution is -2.48. The van der Waals surface area contributed by atoms with Crippen molar-refractivity contribution >= 4 is 11.9 Å². The first kappa shape index (κ1) is 20.0. The Kier molecular flexibility index (Phi) is 6.44. The summed E-state index contributed by atoms with van der Waals surface area (Å²) in [6, 6.07) is 17.2. The highest BCUT2D eigenvalue weighted by Gasteiger charge is 2.45. The minimum Gasteiger partial charge on any atom is -0.292 e. The molecule has 2 aromatic rings. The predicted molar refractivity (Wildman–Crippen MR) is 101 cm³/mol. The van der Waals surface area contributed by atoms with Gasteiger partial charge in [-0.2, -0.15) is 9.78 Å². The standard InChI is InChI=1S/C22H24O6/c1-16-13-14-22(2,28-27-21(24)18-11-7-4-8-12-18)19(15-16)25-26-20(23)17-9-5-3-6-10-17/h3-12,16,19H,13-15H2,1-2H3. The van der Waals surface area contributed by atoms with E-state index < -0.39 is 23.6 Å². The summed E-state index contributed by atoms with van der Waals surface area (Å²) >= 11 is 0. The Morgan fingerprint density at radius 1 is 0.893 bits per heavy atom. The molecule has 2 aromatic carbocycles. The Morgan fingerprint density at radius 3 is 2.00 bits per heavy atom. The second-order valence-electron chi connectivity index (χ2n) is 7.33. The van der Waals surface area contributed by atoms with Crippen molar-refractivity contribution in [3.63, 3.8) is 0 Å². The molecule has 0 saturated heterocycles. The van der Waals surface area contributed by atoms with Crippen LogP contribution in [0.3, 0.4) is 0 Å². The Balaban J connectivity index is 1.62. The topological polar surface area (TPSA) is 71.1 Å². The molecule has 3 atom stereocenters. The van der Waals surface area contributed by atoms with E-state index in [1.807, 2.05) is 12.1 Å². The summed E-state index contributed by atoms with van der Waals surface area (Å²) in [7, 11) is 0. The molecular formula is C22H24O6. The third-order valence-electron chi connectivity index (χ3n) is 5.00. The third-order valence-corrected chi connectivity index (χ3v) is 5.00. The molecule has 0 aliphatic heterocycles. The van der Waals surface area contributed by atoms with Crippen LogP contribution in [0, 0.1) is 5.92 Å². The zero-order chi connectivity index (χ0) is 20.0. The molecule has 0 heterocycles. The van der Waals surface area contributed by atoms with E-state index in [2.05, 4.69) is 6.92 Å². The van der Waals surface area contributed by atoms with Gasteiger partial charge < -0.3 is 0 Å². The monoisotopic (exact) mass is 384 g/mol. The molecule has 28 heavy (non-hydrogen) atoms. The lowest BCUT2D eigenvalue weighted by atomic mass is 9.78. The van der Waals surface area contributed by atoms with Gasteiger partial charge in [0.2, 0.25) is 0 Å². The van der Waals surface area contributed by atoms with Crippen LogP contribution in [0.5, 0.6) is 0 Å². The molecule has 1 fully saturated rings. The smallest absolute Gasteiger partial charge is 0.292 e. The largest absolute Gasteiger partial charge is 0.373 e.